The van der Waals surface area contributed by atoms with Crippen LogP contribution in [0.4, 0.5) is 0 Å². The van der Waals surface area contributed by atoms with E-state index in [-0.39, 0.29) is 6.04 Å². The van der Waals surface area contributed by atoms with Gasteiger partial charge in [-0.25, -0.2) is 0 Å². The summed E-state index contributed by atoms with van der Waals surface area (Å²) < 4.78 is 15.7. The molecule has 6 nitrogen and oxygen atoms in total. The summed E-state index contributed by atoms with van der Waals surface area (Å²) in [6.07, 6.45) is 0. The third-order valence-corrected chi connectivity index (χ3v) is 2.79. The highest BCUT2D eigenvalue weighted by Crippen LogP contribution is 2.38. The van der Waals surface area contributed by atoms with Crippen LogP contribution < -0.4 is 19.5 Å². The van der Waals surface area contributed by atoms with Crippen LogP contribution in [0.5, 0.6) is 17.2 Å². The van der Waals surface area contributed by atoms with Gasteiger partial charge in [-0.3, -0.25) is 10.1 Å². The molecule has 0 radical (unpaired) electrons. The summed E-state index contributed by atoms with van der Waals surface area (Å²) >= 11 is 0. The highest BCUT2D eigenvalue weighted by Gasteiger charge is 2.28. The van der Waals surface area contributed by atoms with Crippen molar-refractivity contribution >= 4 is 5.97 Å². The summed E-state index contributed by atoms with van der Waals surface area (Å²) in [5.41, 5.74) is 0.442. The Hall–Kier alpha value is -1.95. The zero-order valence-electron chi connectivity index (χ0n) is 12.4. The molecular formula is C14H21NO5. The Labute approximate surface area is 118 Å². The van der Waals surface area contributed by atoms with Gasteiger partial charge in [0.15, 0.2) is 0 Å². The Balaban J connectivity index is 3.41. The molecule has 0 aliphatic carbocycles. The van der Waals surface area contributed by atoms with Crippen LogP contribution in [0.15, 0.2) is 12.1 Å². The predicted octanol–water partition coefficient (Wildman–Crippen LogP) is 1.84. The molecule has 0 fully saturated rings. The van der Waals surface area contributed by atoms with Gasteiger partial charge in [0.1, 0.15) is 23.3 Å². The van der Waals surface area contributed by atoms with Crippen LogP contribution in [-0.2, 0) is 4.79 Å². The van der Waals surface area contributed by atoms with E-state index >= 15 is 0 Å². The summed E-state index contributed by atoms with van der Waals surface area (Å²) in [4.78, 5) is 11.5. The molecule has 0 aromatic heterocycles. The molecule has 0 saturated carbocycles. The van der Waals surface area contributed by atoms with Crippen molar-refractivity contribution in [2.75, 3.05) is 21.3 Å². The zero-order chi connectivity index (χ0) is 15.3. The monoisotopic (exact) mass is 283 g/mol. The molecule has 1 aromatic carbocycles. The molecule has 1 rings (SSSR count). The third kappa shape index (κ3) is 3.54. The molecule has 0 bridgehead atoms. The first-order valence-electron chi connectivity index (χ1n) is 6.23. The molecule has 0 aliphatic heterocycles. The van der Waals surface area contributed by atoms with E-state index in [1.54, 1.807) is 12.1 Å². The lowest BCUT2D eigenvalue weighted by Crippen LogP contribution is -2.34. The van der Waals surface area contributed by atoms with Crippen LogP contribution in [0, 0.1) is 0 Å². The Morgan fingerprint density at radius 3 is 1.90 bits per heavy atom. The number of aliphatic carboxylic acids is 1. The normalized spacial score (nSPS) is 12.1. The van der Waals surface area contributed by atoms with Gasteiger partial charge in [0, 0.05) is 18.2 Å². The molecule has 0 heterocycles. The Morgan fingerprint density at radius 1 is 1.10 bits per heavy atom. The Kier molecular flexibility index (Phi) is 5.64. The van der Waals surface area contributed by atoms with Crippen molar-refractivity contribution in [2.45, 2.75) is 25.9 Å². The number of carboxylic acid groups (broad SMARTS) is 1. The van der Waals surface area contributed by atoms with E-state index in [1.165, 1.54) is 21.3 Å². The number of benzene rings is 1. The second-order valence-electron chi connectivity index (χ2n) is 4.54. The minimum Gasteiger partial charge on any atom is -0.496 e. The van der Waals surface area contributed by atoms with Gasteiger partial charge in [-0.15, -0.1) is 0 Å². The lowest BCUT2D eigenvalue weighted by Gasteiger charge is -2.22. The number of hydrogen-bond acceptors (Lipinski definition) is 5. The van der Waals surface area contributed by atoms with Crippen LogP contribution in [-0.4, -0.2) is 38.4 Å². The summed E-state index contributed by atoms with van der Waals surface area (Å²) in [5, 5.41) is 12.4. The predicted molar refractivity (Wildman–Crippen MR) is 74.7 cm³/mol. The molecule has 2 N–H and O–H groups in total. The van der Waals surface area contributed by atoms with E-state index in [0.29, 0.717) is 22.8 Å². The first kappa shape index (κ1) is 16.1. The molecule has 6 heteroatoms. The number of methoxy groups -OCH3 is 3. The smallest absolute Gasteiger partial charge is 0.325 e. The largest absolute Gasteiger partial charge is 0.496 e. The van der Waals surface area contributed by atoms with Gasteiger partial charge in [-0.1, -0.05) is 0 Å². The summed E-state index contributed by atoms with van der Waals surface area (Å²) in [6.45, 7) is 3.75. The Bertz CT molecular complexity index is 448. The van der Waals surface area contributed by atoms with Crippen molar-refractivity contribution in [3.8, 4) is 17.2 Å². The number of nitrogens with one attached hydrogen (secondary N) is 1. The number of carbonyl (C=O) groups is 1. The van der Waals surface area contributed by atoms with Gasteiger partial charge in [0.2, 0.25) is 0 Å². The molecule has 0 aliphatic rings. The quantitative estimate of drug-likeness (QED) is 0.795. The molecule has 1 unspecified atom stereocenters. The summed E-state index contributed by atoms with van der Waals surface area (Å²) in [6, 6.07) is 2.34. The molecule has 0 saturated heterocycles. The topological polar surface area (TPSA) is 77.0 Å². The highest BCUT2D eigenvalue weighted by atomic mass is 16.5. The molecular weight excluding hydrogens is 262 g/mol. The maximum absolute atomic E-state index is 11.5. The summed E-state index contributed by atoms with van der Waals surface area (Å²) in [7, 11) is 4.48. The van der Waals surface area contributed by atoms with Gasteiger partial charge in [-0.05, 0) is 13.8 Å². The highest BCUT2D eigenvalue weighted by molar-refractivity contribution is 5.78. The minimum atomic E-state index is -1.000. The number of carboxylic acids is 1. The van der Waals surface area contributed by atoms with Gasteiger partial charge < -0.3 is 19.3 Å². The molecule has 0 spiro atoms. The average molecular weight is 283 g/mol. The summed E-state index contributed by atoms with van der Waals surface area (Å²) in [5.74, 6) is 0.347. The standard InChI is InChI=1S/C14H21NO5/c1-8(2)15-13(14(16)17)12-10(19-4)6-9(18-3)7-11(12)20-5/h6-8,13,15H,1-5H3,(H,16,17). The maximum atomic E-state index is 11.5. The number of ether oxygens (including phenoxy) is 3. The van der Waals surface area contributed by atoms with Crippen molar-refractivity contribution < 1.29 is 24.1 Å². The van der Waals surface area contributed by atoms with Crippen molar-refractivity contribution in [3.63, 3.8) is 0 Å². The van der Waals surface area contributed by atoms with Crippen LogP contribution >= 0.6 is 0 Å². The molecule has 1 aromatic rings. The minimum absolute atomic E-state index is 0.00684. The zero-order valence-corrected chi connectivity index (χ0v) is 12.4. The number of hydrogen-bond donors (Lipinski definition) is 2. The van der Waals surface area contributed by atoms with Crippen LogP contribution in [0.25, 0.3) is 0 Å². The van der Waals surface area contributed by atoms with E-state index < -0.39 is 12.0 Å². The SMILES string of the molecule is COc1cc(OC)c(C(NC(C)C)C(=O)O)c(OC)c1. The van der Waals surface area contributed by atoms with E-state index in [9.17, 15) is 9.90 Å². The molecule has 1 atom stereocenters. The van der Waals surface area contributed by atoms with E-state index in [2.05, 4.69) is 5.32 Å². The lowest BCUT2D eigenvalue weighted by atomic mass is 10.0. The third-order valence-electron chi connectivity index (χ3n) is 2.79. The van der Waals surface area contributed by atoms with Crippen molar-refractivity contribution in [2.24, 2.45) is 0 Å². The molecule has 0 amide bonds. The van der Waals surface area contributed by atoms with E-state index in [0.717, 1.165) is 0 Å². The van der Waals surface area contributed by atoms with Crippen molar-refractivity contribution in [1.82, 2.24) is 5.32 Å². The molecule has 112 valence electrons. The second-order valence-corrected chi connectivity index (χ2v) is 4.54. The van der Waals surface area contributed by atoms with Crippen LogP contribution in [0.3, 0.4) is 0 Å². The average Bonchev–Trinajstić information content (AvgIpc) is 2.42. The van der Waals surface area contributed by atoms with Gasteiger partial charge in [0.25, 0.3) is 0 Å². The van der Waals surface area contributed by atoms with Gasteiger partial charge >= 0.3 is 5.97 Å². The fraction of sp³-hybridized carbons (Fsp3) is 0.500. The van der Waals surface area contributed by atoms with Crippen LogP contribution in [0.1, 0.15) is 25.5 Å². The van der Waals surface area contributed by atoms with Gasteiger partial charge in [0.05, 0.1) is 26.9 Å². The van der Waals surface area contributed by atoms with E-state index in [1.807, 2.05) is 13.8 Å². The van der Waals surface area contributed by atoms with Crippen LogP contribution in [0.2, 0.25) is 0 Å². The molecule has 20 heavy (non-hydrogen) atoms. The first-order valence-corrected chi connectivity index (χ1v) is 6.23. The fourth-order valence-corrected chi connectivity index (χ4v) is 1.93. The maximum Gasteiger partial charge on any atom is 0.325 e. The Morgan fingerprint density at radius 2 is 1.60 bits per heavy atom. The lowest BCUT2D eigenvalue weighted by molar-refractivity contribution is -0.140. The van der Waals surface area contributed by atoms with Crippen molar-refractivity contribution in [1.29, 1.82) is 0 Å². The van der Waals surface area contributed by atoms with Crippen molar-refractivity contribution in [3.05, 3.63) is 17.7 Å². The number of rotatable bonds is 7. The van der Waals surface area contributed by atoms with E-state index in [4.69, 9.17) is 14.2 Å². The van der Waals surface area contributed by atoms with Gasteiger partial charge in [-0.2, -0.15) is 0 Å². The second kappa shape index (κ2) is 7.00. The fourth-order valence-electron chi connectivity index (χ4n) is 1.93. The first-order chi connectivity index (χ1) is 9.44.